The van der Waals surface area contributed by atoms with Gasteiger partial charge in [-0.2, -0.15) is 12.6 Å². The van der Waals surface area contributed by atoms with Crippen LogP contribution in [0, 0.1) is 0 Å². The quantitative estimate of drug-likeness (QED) is 0.795. The summed E-state index contributed by atoms with van der Waals surface area (Å²) in [6.07, 6.45) is 1.23. The molecule has 0 saturated heterocycles. The number of Topliss-reactive ketones (excluding diaryl/α,β-unsaturated/α-hetero) is 1. The molecule has 1 aromatic rings. The average Bonchev–Trinajstić information content (AvgIpc) is 2.77. The van der Waals surface area contributed by atoms with E-state index in [2.05, 4.69) is 27.8 Å². The van der Waals surface area contributed by atoms with E-state index in [1.54, 1.807) is 12.1 Å². The Morgan fingerprint density at radius 1 is 1.41 bits per heavy atom. The molecule has 88 valence electrons. The molecular weight excluding hydrogens is 236 g/mol. The zero-order valence-electron chi connectivity index (χ0n) is 9.24. The largest absolute Gasteiger partial charge is 0.298 e. The van der Waals surface area contributed by atoms with E-state index >= 15 is 0 Å². The lowest BCUT2D eigenvalue weighted by Gasteiger charge is -2.35. The molecule has 2 atom stereocenters. The zero-order chi connectivity index (χ0) is 12.5. The van der Waals surface area contributed by atoms with Crippen LogP contribution in [0.1, 0.15) is 12.5 Å². The van der Waals surface area contributed by atoms with Crippen LogP contribution < -0.4 is 5.73 Å². The molecule has 1 aliphatic rings. The Kier molecular flexibility index (Phi) is 2.84. The summed E-state index contributed by atoms with van der Waals surface area (Å²) in [5.74, 6) is -1.71. The first-order chi connectivity index (χ1) is 8.01. The number of carbonyl (C=O) groups is 1. The Bertz CT molecular complexity index is 487. The first kappa shape index (κ1) is 11.9. The second-order valence-corrected chi connectivity index (χ2v) is 4.49. The molecule has 2 rings (SSSR count). The van der Waals surface area contributed by atoms with E-state index in [1.165, 1.54) is 13.3 Å². The summed E-state index contributed by atoms with van der Waals surface area (Å²) in [5.41, 5.74) is 6.66. The first-order valence-electron chi connectivity index (χ1n) is 5.04. The van der Waals surface area contributed by atoms with Gasteiger partial charge in [-0.1, -0.05) is 30.3 Å². The number of ketones is 1. The summed E-state index contributed by atoms with van der Waals surface area (Å²) in [5, 5.41) is 7.44. The molecule has 1 aromatic carbocycles. The minimum Gasteiger partial charge on any atom is -0.298 e. The molecule has 2 N–H and O–H groups in total. The molecule has 0 spiro atoms. The maximum Gasteiger partial charge on any atom is 0.249 e. The van der Waals surface area contributed by atoms with Gasteiger partial charge in [0.15, 0.2) is 10.5 Å². The Balaban J connectivity index is 2.59. The Morgan fingerprint density at radius 3 is 2.53 bits per heavy atom. The number of nitrogens with two attached hydrogens (primary N) is 1. The van der Waals surface area contributed by atoms with E-state index in [0.29, 0.717) is 5.56 Å². The highest BCUT2D eigenvalue weighted by atomic mass is 32.1. The van der Waals surface area contributed by atoms with Crippen LogP contribution in [0.3, 0.4) is 0 Å². The molecule has 1 aliphatic heterocycles. The van der Waals surface area contributed by atoms with E-state index in [9.17, 15) is 4.79 Å². The zero-order valence-corrected chi connectivity index (χ0v) is 10.1. The minimum atomic E-state index is -1.48. The van der Waals surface area contributed by atoms with Crippen LogP contribution in [-0.4, -0.2) is 17.9 Å². The SMILES string of the molecule is CC(=O)C(S)(c1ccccc1)C1(N)N=CN=N1. The number of nitrogens with zero attached hydrogens (tertiary/aromatic N) is 3. The van der Waals surface area contributed by atoms with Gasteiger partial charge in [-0.3, -0.25) is 10.5 Å². The summed E-state index contributed by atoms with van der Waals surface area (Å²) in [4.78, 5) is 15.9. The van der Waals surface area contributed by atoms with E-state index in [4.69, 9.17) is 5.73 Å². The predicted octanol–water partition coefficient (Wildman–Crippen LogP) is 1.51. The van der Waals surface area contributed by atoms with Crippen LogP contribution in [0.5, 0.6) is 0 Å². The van der Waals surface area contributed by atoms with Crippen molar-refractivity contribution in [2.45, 2.75) is 17.5 Å². The molecule has 0 bridgehead atoms. The standard InChI is InChI=1S/C11H12N4OS/c1-8(16)10(17,9-5-3-2-4-6-9)11(12)13-7-14-15-11/h2-7,17H,12H2,1H3. The number of azo groups is 1. The molecule has 6 heteroatoms. The van der Waals surface area contributed by atoms with E-state index in [0.717, 1.165) is 0 Å². The van der Waals surface area contributed by atoms with Crippen molar-refractivity contribution < 1.29 is 4.79 Å². The molecule has 17 heavy (non-hydrogen) atoms. The number of thiol groups is 1. The Morgan fingerprint density at radius 2 is 2.06 bits per heavy atom. The van der Waals surface area contributed by atoms with Crippen molar-refractivity contribution in [2.75, 3.05) is 0 Å². The summed E-state index contributed by atoms with van der Waals surface area (Å²) in [6.45, 7) is 1.41. The highest BCUT2D eigenvalue weighted by Crippen LogP contribution is 2.41. The van der Waals surface area contributed by atoms with Gasteiger partial charge in [0.1, 0.15) is 6.34 Å². The number of aliphatic imine (C=N–C) groups is 1. The lowest BCUT2D eigenvalue weighted by Crippen LogP contribution is -2.55. The number of rotatable bonds is 3. The molecule has 2 unspecified atom stereocenters. The van der Waals surface area contributed by atoms with Gasteiger partial charge in [0.05, 0.1) is 0 Å². The van der Waals surface area contributed by atoms with E-state index in [-0.39, 0.29) is 5.78 Å². The lowest BCUT2D eigenvalue weighted by molar-refractivity contribution is -0.121. The van der Waals surface area contributed by atoms with Gasteiger partial charge in [0.25, 0.3) is 0 Å². The molecular formula is C11H12N4OS. The third-order valence-corrected chi connectivity index (χ3v) is 3.65. The Labute approximate surface area is 104 Å². The van der Waals surface area contributed by atoms with Gasteiger partial charge in [-0.05, 0) is 12.5 Å². The van der Waals surface area contributed by atoms with Crippen LogP contribution in [-0.2, 0) is 9.54 Å². The van der Waals surface area contributed by atoms with E-state index < -0.39 is 10.5 Å². The minimum absolute atomic E-state index is 0.229. The van der Waals surface area contributed by atoms with Crippen molar-refractivity contribution in [2.24, 2.45) is 21.0 Å². The fraction of sp³-hybridized carbons (Fsp3) is 0.273. The van der Waals surface area contributed by atoms with Crippen molar-refractivity contribution >= 4 is 24.8 Å². The van der Waals surface area contributed by atoms with Crippen molar-refractivity contribution in [1.82, 2.24) is 0 Å². The first-order valence-corrected chi connectivity index (χ1v) is 5.49. The van der Waals surface area contributed by atoms with Gasteiger partial charge in [-0.15, -0.1) is 10.2 Å². The van der Waals surface area contributed by atoms with Crippen molar-refractivity contribution in [3.63, 3.8) is 0 Å². The van der Waals surface area contributed by atoms with Gasteiger partial charge >= 0.3 is 0 Å². The molecule has 1 heterocycles. The molecule has 0 saturated carbocycles. The average molecular weight is 248 g/mol. The number of hydrogen-bond donors (Lipinski definition) is 2. The fourth-order valence-electron chi connectivity index (χ4n) is 1.77. The van der Waals surface area contributed by atoms with Crippen LogP contribution in [0.15, 0.2) is 45.6 Å². The molecule has 0 radical (unpaired) electrons. The maximum atomic E-state index is 11.9. The normalized spacial score (nSPS) is 25.8. The van der Waals surface area contributed by atoms with Crippen molar-refractivity contribution in [3.05, 3.63) is 35.9 Å². The third-order valence-electron chi connectivity index (χ3n) is 2.75. The van der Waals surface area contributed by atoms with Crippen molar-refractivity contribution in [3.8, 4) is 0 Å². The molecule has 5 nitrogen and oxygen atoms in total. The highest BCUT2D eigenvalue weighted by Gasteiger charge is 2.53. The molecule has 0 amide bonds. The molecule has 0 aliphatic carbocycles. The predicted molar refractivity (Wildman–Crippen MR) is 68.1 cm³/mol. The molecule has 0 fully saturated rings. The second kappa shape index (κ2) is 4.05. The van der Waals surface area contributed by atoms with Gasteiger partial charge in [0.2, 0.25) is 5.79 Å². The number of hydrogen-bond acceptors (Lipinski definition) is 6. The summed E-state index contributed by atoms with van der Waals surface area (Å²) in [6, 6.07) is 9.00. The van der Waals surface area contributed by atoms with Crippen LogP contribution >= 0.6 is 12.6 Å². The van der Waals surface area contributed by atoms with Crippen LogP contribution in [0.4, 0.5) is 0 Å². The van der Waals surface area contributed by atoms with Gasteiger partial charge in [-0.25, -0.2) is 4.99 Å². The summed E-state index contributed by atoms with van der Waals surface area (Å²) < 4.78 is -1.31. The smallest absolute Gasteiger partial charge is 0.249 e. The van der Waals surface area contributed by atoms with Crippen molar-refractivity contribution in [1.29, 1.82) is 0 Å². The second-order valence-electron chi connectivity index (χ2n) is 3.82. The fourth-order valence-corrected chi connectivity index (χ4v) is 2.02. The van der Waals surface area contributed by atoms with Gasteiger partial charge < -0.3 is 0 Å². The van der Waals surface area contributed by atoms with Crippen LogP contribution in [0.25, 0.3) is 0 Å². The van der Waals surface area contributed by atoms with Gasteiger partial charge in [0, 0.05) is 0 Å². The summed E-state index contributed by atoms with van der Waals surface area (Å²) >= 11 is 4.44. The maximum absolute atomic E-state index is 11.9. The number of benzene rings is 1. The highest BCUT2D eigenvalue weighted by molar-refractivity contribution is 7.82. The van der Waals surface area contributed by atoms with E-state index in [1.807, 2.05) is 18.2 Å². The Hall–Kier alpha value is -1.53. The molecule has 0 aromatic heterocycles. The van der Waals surface area contributed by atoms with Crippen LogP contribution in [0.2, 0.25) is 0 Å². The lowest BCUT2D eigenvalue weighted by atomic mass is 9.88. The summed E-state index contributed by atoms with van der Waals surface area (Å²) in [7, 11) is 0. The monoisotopic (exact) mass is 248 g/mol. The third kappa shape index (κ3) is 1.69. The topological polar surface area (TPSA) is 80.2 Å². The number of carbonyl (C=O) groups excluding carboxylic acids is 1.